The quantitative estimate of drug-likeness (QED) is 0.643. The Bertz CT molecular complexity index is 883. The standard InChI is InChI=1S/C23H25FN2O3/c1-15-18-9-8-17(12-19(15)18)20(24)14-26-22(28)13-21(27)25(23(26)29)11-10-16-6-4-2-3-5-7-16/h2,4-9,12,15,18-20H,3,10-11,13-14H2,1H3/t15?,18?,19?,20-/m0/s1. The number of rotatable bonds is 6. The molecule has 4 aliphatic rings. The molecule has 6 heteroatoms. The zero-order valence-corrected chi connectivity index (χ0v) is 16.5. The highest BCUT2D eigenvalue weighted by Gasteiger charge is 2.45. The van der Waals surface area contributed by atoms with E-state index < -0.39 is 30.4 Å². The molecule has 0 N–H and O–H groups in total. The fraction of sp³-hybridized carbons (Fsp3) is 0.435. The first-order valence-electron chi connectivity index (χ1n) is 10.2. The zero-order valence-electron chi connectivity index (χ0n) is 16.5. The number of amides is 4. The molecule has 5 nitrogen and oxygen atoms in total. The molecule has 4 rings (SSSR count). The van der Waals surface area contributed by atoms with Gasteiger partial charge < -0.3 is 0 Å². The number of alkyl halides is 1. The molecule has 0 radical (unpaired) electrons. The lowest BCUT2D eigenvalue weighted by Crippen LogP contribution is -2.56. The van der Waals surface area contributed by atoms with E-state index in [9.17, 15) is 18.8 Å². The minimum Gasteiger partial charge on any atom is -0.274 e. The van der Waals surface area contributed by atoms with Crippen molar-refractivity contribution in [2.75, 3.05) is 13.1 Å². The van der Waals surface area contributed by atoms with Gasteiger partial charge in [-0.15, -0.1) is 0 Å². The summed E-state index contributed by atoms with van der Waals surface area (Å²) in [5.74, 6) is 0.207. The Labute approximate surface area is 169 Å². The van der Waals surface area contributed by atoms with Crippen LogP contribution in [0.1, 0.15) is 26.2 Å². The minimum absolute atomic E-state index is 0.173. The van der Waals surface area contributed by atoms with Crippen molar-refractivity contribution in [2.45, 2.75) is 32.4 Å². The first kappa shape index (κ1) is 19.6. The number of hydrogen-bond acceptors (Lipinski definition) is 3. The molecule has 0 bridgehead atoms. The predicted octanol–water partition coefficient (Wildman–Crippen LogP) is 3.72. The maximum atomic E-state index is 14.9. The molecule has 29 heavy (non-hydrogen) atoms. The van der Waals surface area contributed by atoms with Crippen LogP contribution in [0.3, 0.4) is 0 Å². The van der Waals surface area contributed by atoms with Crippen LogP contribution in [-0.4, -0.2) is 46.9 Å². The summed E-state index contributed by atoms with van der Waals surface area (Å²) in [7, 11) is 0. The molecule has 0 aromatic carbocycles. The molecule has 2 fully saturated rings. The smallest absolute Gasteiger partial charge is 0.274 e. The number of urea groups is 1. The highest BCUT2D eigenvalue weighted by Crippen LogP contribution is 2.51. The van der Waals surface area contributed by atoms with Crippen LogP contribution in [0.5, 0.6) is 0 Å². The van der Waals surface area contributed by atoms with E-state index in [2.05, 4.69) is 6.92 Å². The number of fused-ring (bicyclic) bond motifs is 1. The molecule has 0 aromatic heterocycles. The van der Waals surface area contributed by atoms with Gasteiger partial charge in [0.15, 0.2) is 0 Å². The lowest BCUT2D eigenvalue weighted by molar-refractivity contribution is -0.142. The maximum absolute atomic E-state index is 14.9. The Kier molecular flexibility index (Phi) is 5.35. The minimum atomic E-state index is -1.44. The summed E-state index contributed by atoms with van der Waals surface area (Å²) in [6.45, 7) is 1.95. The number of carbonyl (C=O) groups is 3. The van der Waals surface area contributed by atoms with Crippen molar-refractivity contribution in [1.82, 2.24) is 9.80 Å². The predicted molar refractivity (Wildman–Crippen MR) is 107 cm³/mol. The van der Waals surface area contributed by atoms with Crippen molar-refractivity contribution in [2.24, 2.45) is 17.8 Å². The van der Waals surface area contributed by atoms with Gasteiger partial charge in [-0.05, 0) is 41.7 Å². The van der Waals surface area contributed by atoms with Crippen LogP contribution < -0.4 is 0 Å². The van der Waals surface area contributed by atoms with Gasteiger partial charge in [0, 0.05) is 6.54 Å². The average Bonchev–Trinajstić information content (AvgIpc) is 3.42. The summed E-state index contributed by atoms with van der Waals surface area (Å²) in [5.41, 5.74) is 1.51. The van der Waals surface area contributed by atoms with Crippen LogP contribution in [0, 0.1) is 17.8 Å². The molecular formula is C23H25FN2O3. The summed E-state index contributed by atoms with van der Waals surface area (Å²) in [5, 5.41) is 0. The second-order valence-corrected chi connectivity index (χ2v) is 8.07. The molecule has 1 saturated carbocycles. The van der Waals surface area contributed by atoms with Gasteiger partial charge in [0.2, 0.25) is 11.8 Å². The Morgan fingerprint density at radius 3 is 2.69 bits per heavy atom. The molecule has 3 aliphatic carbocycles. The summed E-state index contributed by atoms with van der Waals surface area (Å²) in [6.07, 6.45) is 15.0. The number of barbiturate groups is 1. The fourth-order valence-electron chi connectivity index (χ4n) is 4.18. The van der Waals surface area contributed by atoms with Gasteiger partial charge in [0.05, 0.1) is 6.54 Å². The van der Waals surface area contributed by atoms with Crippen LogP contribution in [0.25, 0.3) is 0 Å². The monoisotopic (exact) mass is 396 g/mol. The van der Waals surface area contributed by atoms with Crippen molar-refractivity contribution < 1.29 is 18.8 Å². The van der Waals surface area contributed by atoms with E-state index >= 15 is 0 Å². The first-order chi connectivity index (χ1) is 14.0. The Balaban J connectivity index is 1.41. The Hall–Kier alpha value is -2.76. The molecule has 3 unspecified atom stereocenters. The van der Waals surface area contributed by atoms with Gasteiger partial charge in [0.1, 0.15) is 12.6 Å². The molecule has 0 spiro atoms. The lowest BCUT2D eigenvalue weighted by atomic mass is 10.0. The third-order valence-corrected chi connectivity index (χ3v) is 6.16. The third kappa shape index (κ3) is 4.02. The van der Waals surface area contributed by atoms with Gasteiger partial charge in [-0.3, -0.25) is 19.4 Å². The molecule has 1 saturated heterocycles. The Morgan fingerprint density at radius 1 is 1.10 bits per heavy atom. The van der Waals surface area contributed by atoms with Crippen molar-refractivity contribution in [3.8, 4) is 0 Å². The molecule has 4 atom stereocenters. The van der Waals surface area contributed by atoms with Crippen LogP contribution in [-0.2, 0) is 9.59 Å². The van der Waals surface area contributed by atoms with E-state index in [1.807, 2.05) is 42.5 Å². The number of nitrogens with zero attached hydrogens (tertiary/aromatic N) is 2. The first-order valence-corrected chi connectivity index (χ1v) is 10.2. The van der Waals surface area contributed by atoms with Crippen molar-refractivity contribution >= 4 is 17.8 Å². The largest absolute Gasteiger partial charge is 0.333 e. The molecule has 0 aromatic rings. The molecule has 1 aliphatic heterocycles. The highest BCUT2D eigenvalue weighted by molar-refractivity contribution is 6.14. The topological polar surface area (TPSA) is 57.7 Å². The van der Waals surface area contributed by atoms with Crippen LogP contribution >= 0.6 is 0 Å². The fourth-order valence-corrected chi connectivity index (χ4v) is 4.18. The molecule has 152 valence electrons. The van der Waals surface area contributed by atoms with Crippen LogP contribution in [0.4, 0.5) is 9.18 Å². The lowest BCUT2D eigenvalue weighted by Gasteiger charge is -2.33. The maximum Gasteiger partial charge on any atom is 0.333 e. The van der Waals surface area contributed by atoms with E-state index in [1.165, 1.54) is 0 Å². The van der Waals surface area contributed by atoms with Gasteiger partial charge in [-0.2, -0.15) is 0 Å². The zero-order chi connectivity index (χ0) is 20.5. The van der Waals surface area contributed by atoms with Gasteiger partial charge in [-0.25, -0.2) is 9.18 Å². The number of hydrogen-bond donors (Lipinski definition) is 0. The van der Waals surface area contributed by atoms with Gasteiger partial charge in [0.25, 0.3) is 0 Å². The van der Waals surface area contributed by atoms with E-state index in [1.54, 1.807) is 6.08 Å². The van der Waals surface area contributed by atoms with Crippen molar-refractivity contribution in [3.05, 3.63) is 59.8 Å². The average molecular weight is 396 g/mol. The summed E-state index contributed by atoms with van der Waals surface area (Å²) in [6, 6.07) is -0.722. The van der Waals surface area contributed by atoms with Gasteiger partial charge >= 0.3 is 6.03 Å². The van der Waals surface area contributed by atoms with E-state index in [0.717, 1.165) is 21.8 Å². The van der Waals surface area contributed by atoms with E-state index in [-0.39, 0.29) is 13.1 Å². The summed E-state index contributed by atoms with van der Waals surface area (Å²) in [4.78, 5) is 39.3. The summed E-state index contributed by atoms with van der Waals surface area (Å²) < 4.78 is 14.9. The summed E-state index contributed by atoms with van der Waals surface area (Å²) >= 11 is 0. The van der Waals surface area contributed by atoms with Gasteiger partial charge in [-0.1, -0.05) is 55.5 Å². The normalized spacial score (nSPS) is 29.4. The number of allylic oxidation sites excluding steroid dienone is 8. The third-order valence-electron chi connectivity index (χ3n) is 6.16. The van der Waals surface area contributed by atoms with Crippen molar-refractivity contribution in [1.29, 1.82) is 0 Å². The van der Waals surface area contributed by atoms with Crippen molar-refractivity contribution in [3.63, 3.8) is 0 Å². The SMILES string of the molecule is CC1C2C=CC([C@@H](F)CN3C(=O)CC(=O)N(CCC4=CC=CCC=C4)C3=O)=CC12. The van der Waals surface area contributed by atoms with Crippen LogP contribution in [0.15, 0.2) is 59.8 Å². The molecular weight excluding hydrogens is 371 g/mol. The van der Waals surface area contributed by atoms with E-state index in [4.69, 9.17) is 0 Å². The second kappa shape index (κ2) is 7.93. The highest BCUT2D eigenvalue weighted by atomic mass is 19.1. The van der Waals surface area contributed by atoms with Crippen LogP contribution in [0.2, 0.25) is 0 Å². The second-order valence-electron chi connectivity index (χ2n) is 8.07. The molecule has 4 amide bonds. The molecule has 1 heterocycles. The number of carbonyl (C=O) groups excluding carboxylic acids is 3. The Morgan fingerprint density at radius 2 is 1.90 bits per heavy atom. The number of imide groups is 2. The number of halogens is 1. The van der Waals surface area contributed by atoms with E-state index in [0.29, 0.717) is 29.7 Å².